The average molecular weight is 328 g/mol. The second-order valence-electron chi connectivity index (χ2n) is 5.98. The van der Waals surface area contributed by atoms with E-state index in [4.69, 9.17) is 4.52 Å². The Morgan fingerprint density at radius 1 is 1.14 bits per heavy atom. The first-order valence-electron chi connectivity index (χ1n) is 7.79. The highest BCUT2D eigenvalue weighted by atomic mass is 32.2. The molecule has 0 saturated carbocycles. The van der Waals surface area contributed by atoms with Crippen LogP contribution in [0.25, 0.3) is 0 Å². The highest BCUT2D eigenvalue weighted by Crippen LogP contribution is 2.17. The first kappa shape index (κ1) is 17.0. The summed E-state index contributed by atoms with van der Waals surface area (Å²) >= 11 is 0. The summed E-state index contributed by atoms with van der Waals surface area (Å²) in [5.41, 5.74) is 1.14. The smallest absolute Gasteiger partial charge is 0.237 e. The van der Waals surface area contributed by atoms with Gasteiger partial charge in [-0.1, -0.05) is 24.4 Å². The number of hydrogen-bond donors (Lipinski definition) is 0. The minimum atomic E-state index is -3.51. The highest BCUT2D eigenvalue weighted by Gasteiger charge is 2.25. The van der Waals surface area contributed by atoms with Crippen molar-refractivity contribution in [2.75, 3.05) is 18.8 Å². The van der Waals surface area contributed by atoms with Gasteiger partial charge >= 0.3 is 0 Å². The fourth-order valence-electron chi connectivity index (χ4n) is 2.76. The zero-order valence-corrected chi connectivity index (χ0v) is 14.1. The molecule has 0 bridgehead atoms. The molecule has 1 aliphatic heterocycles. The van der Waals surface area contributed by atoms with Gasteiger partial charge in [-0.2, -0.15) is 0 Å². The van der Waals surface area contributed by atoms with Gasteiger partial charge in [0.1, 0.15) is 11.5 Å². The van der Waals surface area contributed by atoms with Gasteiger partial charge in [0.05, 0.1) is 11.4 Å². The van der Waals surface area contributed by atoms with E-state index in [1.54, 1.807) is 18.7 Å². The van der Waals surface area contributed by atoms with E-state index in [0.717, 1.165) is 25.7 Å². The van der Waals surface area contributed by atoms with Gasteiger partial charge in [-0.3, -0.25) is 4.79 Å². The topological polar surface area (TPSA) is 80.5 Å². The SMILES string of the molecule is Cc1noc(C)c1CS(=O)(=O)CC(=O)N1CCCCCCC1. The Labute approximate surface area is 131 Å². The van der Waals surface area contributed by atoms with Crippen LogP contribution in [0.2, 0.25) is 0 Å². The standard InChI is InChI=1S/C15H24N2O4S/c1-12-14(13(2)21-16-12)10-22(19,20)11-15(18)17-8-6-4-3-5-7-9-17/h3-11H2,1-2H3. The fourth-order valence-corrected chi connectivity index (χ4v) is 4.27. The molecule has 2 heterocycles. The van der Waals surface area contributed by atoms with Crippen molar-refractivity contribution >= 4 is 15.7 Å². The van der Waals surface area contributed by atoms with Crippen LogP contribution in [0.5, 0.6) is 0 Å². The second kappa shape index (κ2) is 7.26. The zero-order chi connectivity index (χ0) is 16.2. The number of amides is 1. The van der Waals surface area contributed by atoms with Crippen molar-refractivity contribution in [1.29, 1.82) is 0 Å². The molecule has 1 aromatic heterocycles. The van der Waals surface area contributed by atoms with Crippen LogP contribution in [0.15, 0.2) is 4.52 Å². The van der Waals surface area contributed by atoms with Gasteiger partial charge in [-0.25, -0.2) is 8.42 Å². The lowest BCUT2D eigenvalue weighted by atomic mass is 10.1. The van der Waals surface area contributed by atoms with Crippen molar-refractivity contribution in [3.05, 3.63) is 17.0 Å². The normalized spacial score (nSPS) is 17.1. The first-order valence-corrected chi connectivity index (χ1v) is 9.61. The fraction of sp³-hybridized carbons (Fsp3) is 0.733. The Kier molecular flexibility index (Phi) is 5.61. The molecular weight excluding hydrogens is 304 g/mol. The Bertz CT molecular complexity index is 594. The van der Waals surface area contributed by atoms with Crippen molar-refractivity contribution in [1.82, 2.24) is 10.1 Å². The van der Waals surface area contributed by atoms with E-state index >= 15 is 0 Å². The summed E-state index contributed by atoms with van der Waals surface area (Å²) in [5, 5.41) is 3.76. The van der Waals surface area contributed by atoms with Crippen molar-refractivity contribution in [2.24, 2.45) is 0 Å². The van der Waals surface area contributed by atoms with Crippen molar-refractivity contribution in [2.45, 2.75) is 51.7 Å². The molecule has 2 rings (SSSR count). The van der Waals surface area contributed by atoms with E-state index in [1.165, 1.54) is 6.42 Å². The Hall–Kier alpha value is -1.37. The molecule has 0 spiro atoms. The van der Waals surface area contributed by atoms with E-state index < -0.39 is 15.6 Å². The molecule has 7 heteroatoms. The summed E-state index contributed by atoms with van der Waals surface area (Å²) < 4.78 is 29.6. The third-order valence-electron chi connectivity index (χ3n) is 4.10. The third-order valence-corrected chi connectivity index (χ3v) is 5.51. The predicted molar refractivity (Wildman–Crippen MR) is 83.1 cm³/mol. The van der Waals surface area contributed by atoms with Gasteiger partial charge < -0.3 is 9.42 Å². The van der Waals surface area contributed by atoms with Crippen LogP contribution in [0.3, 0.4) is 0 Å². The average Bonchev–Trinajstić information content (AvgIpc) is 2.69. The Morgan fingerprint density at radius 2 is 1.73 bits per heavy atom. The number of carbonyl (C=O) groups excluding carboxylic acids is 1. The van der Waals surface area contributed by atoms with Crippen LogP contribution in [0.1, 0.15) is 49.1 Å². The molecule has 0 aromatic carbocycles. The lowest BCUT2D eigenvalue weighted by molar-refractivity contribution is -0.128. The molecule has 0 atom stereocenters. The Morgan fingerprint density at radius 3 is 2.27 bits per heavy atom. The largest absolute Gasteiger partial charge is 0.361 e. The van der Waals surface area contributed by atoms with Crippen LogP contribution in [-0.2, 0) is 20.4 Å². The molecule has 1 saturated heterocycles. The molecule has 0 unspecified atom stereocenters. The summed E-state index contributed by atoms with van der Waals surface area (Å²) in [6.45, 7) is 4.73. The highest BCUT2D eigenvalue weighted by molar-refractivity contribution is 7.91. The maximum atomic E-state index is 12.3. The van der Waals surface area contributed by atoms with E-state index in [0.29, 0.717) is 30.1 Å². The van der Waals surface area contributed by atoms with Gasteiger partial charge in [0.25, 0.3) is 0 Å². The maximum Gasteiger partial charge on any atom is 0.237 e. The molecule has 1 amide bonds. The quantitative estimate of drug-likeness (QED) is 0.844. The predicted octanol–water partition coefficient (Wildman–Crippen LogP) is 2.00. The number of aromatic nitrogens is 1. The first-order chi connectivity index (χ1) is 10.4. The summed E-state index contributed by atoms with van der Waals surface area (Å²) in [6.07, 6.45) is 5.32. The van der Waals surface area contributed by atoms with Gasteiger partial charge in [-0.05, 0) is 26.7 Å². The van der Waals surface area contributed by atoms with Crippen LogP contribution in [0.4, 0.5) is 0 Å². The van der Waals surface area contributed by atoms with E-state index in [-0.39, 0.29) is 11.7 Å². The van der Waals surface area contributed by atoms with Crippen LogP contribution >= 0.6 is 0 Å². The van der Waals surface area contributed by atoms with Crippen LogP contribution in [0, 0.1) is 13.8 Å². The van der Waals surface area contributed by atoms with Crippen molar-refractivity contribution in [3.63, 3.8) is 0 Å². The number of likely N-dealkylation sites (tertiary alicyclic amines) is 1. The van der Waals surface area contributed by atoms with Gasteiger partial charge in [0.2, 0.25) is 5.91 Å². The molecule has 1 aromatic rings. The molecule has 0 aliphatic carbocycles. The minimum Gasteiger partial charge on any atom is -0.361 e. The van der Waals surface area contributed by atoms with Crippen molar-refractivity contribution in [3.8, 4) is 0 Å². The lowest BCUT2D eigenvalue weighted by Crippen LogP contribution is -2.38. The van der Waals surface area contributed by atoms with E-state index in [2.05, 4.69) is 5.16 Å². The Balaban J connectivity index is 1.99. The number of rotatable bonds is 4. The van der Waals surface area contributed by atoms with E-state index in [9.17, 15) is 13.2 Å². The zero-order valence-electron chi connectivity index (χ0n) is 13.3. The summed E-state index contributed by atoms with van der Waals surface area (Å²) in [5.74, 6) is -0.404. The number of nitrogens with zero attached hydrogens (tertiary/aromatic N) is 2. The summed E-state index contributed by atoms with van der Waals surface area (Å²) in [4.78, 5) is 14.0. The number of sulfone groups is 1. The third kappa shape index (κ3) is 4.56. The van der Waals surface area contributed by atoms with Crippen LogP contribution < -0.4 is 0 Å². The van der Waals surface area contributed by atoms with Gasteiger partial charge in [0.15, 0.2) is 9.84 Å². The molecule has 0 N–H and O–H groups in total. The number of aryl methyl sites for hydroxylation is 2. The summed E-state index contributed by atoms with van der Waals surface area (Å²) in [6, 6.07) is 0. The molecule has 124 valence electrons. The van der Waals surface area contributed by atoms with Crippen LogP contribution in [-0.4, -0.2) is 43.2 Å². The number of carbonyl (C=O) groups is 1. The molecule has 22 heavy (non-hydrogen) atoms. The summed E-state index contributed by atoms with van der Waals surface area (Å²) in [7, 11) is -3.51. The molecular formula is C15H24N2O4S. The van der Waals surface area contributed by atoms with Gasteiger partial charge in [-0.15, -0.1) is 0 Å². The monoisotopic (exact) mass is 328 g/mol. The molecule has 6 nitrogen and oxygen atoms in total. The second-order valence-corrected chi connectivity index (χ2v) is 8.05. The van der Waals surface area contributed by atoms with E-state index in [1.807, 2.05) is 0 Å². The molecule has 0 radical (unpaired) electrons. The molecule has 1 fully saturated rings. The number of hydrogen-bond acceptors (Lipinski definition) is 5. The maximum absolute atomic E-state index is 12.3. The molecule has 1 aliphatic rings. The minimum absolute atomic E-state index is 0.187. The van der Waals surface area contributed by atoms with Gasteiger partial charge in [0, 0.05) is 18.7 Å². The lowest BCUT2D eigenvalue weighted by Gasteiger charge is -2.24. The van der Waals surface area contributed by atoms with Crippen molar-refractivity contribution < 1.29 is 17.7 Å².